The minimum atomic E-state index is -2.26. The predicted molar refractivity (Wildman–Crippen MR) is 263 cm³/mol. The van der Waals surface area contributed by atoms with Crippen LogP contribution in [0, 0.1) is 73.4 Å². The fourth-order valence-electron chi connectivity index (χ4n) is 19.8. The van der Waals surface area contributed by atoms with E-state index in [1.165, 1.54) is 36.7 Å². The third kappa shape index (κ3) is 5.31. The van der Waals surface area contributed by atoms with Gasteiger partial charge in [-0.25, -0.2) is 0 Å². The number of methoxy groups -OCH3 is 2. The van der Waals surface area contributed by atoms with E-state index in [9.17, 15) is 19.5 Å². The topological polar surface area (TPSA) is 108 Å². The second-order valence-electron chi connectivity index (χ2n) is 27.7. The van der Waals surface area contributed by atoms with E-state index >= 15 is 0 Å². The number of esters is 2. The van der Waals surface area contributed by atoms with Gasteiger partial charge in [-0.2, -0.15) is 0 Å². The number of ketones is 1. The molecule has 370 valence electrons. The number of hydrogen-bond donors (Lipinski definition) is 1. The molecule has 0 amide bonds. The highest BCUT2D eigenvalue weighted by atomic mass is 16.7. The molecule has 6 fully saturated rings. The molecule has 1 N–H and O–H groups in total. The van der Waals surface area contributed by atoms with E-state index in [4.69, 9.17) is 18.9 Å². The fraction of sp³-hybridized carbons (Fsp3) is 0.750. The predicted octanol–water partition coefficient (Wildman–Crippen LogP) is 12.6. The summed E-state index contributed by atoms with van der Waals surface area (Å²) in [5.41, 5.74) is 3.92. The van der Waals surface area contributed by atoms with Crippen molar-refractivity contribution in [3.05, 3.63) is 57.7 Å². The molecule has 68 heavy (non-hydrogen) atoms. The molecule has 0 aromatic heterocycles. The molecule has 6 saturated carbocycles. The number of carbonyl (C=O) groups is 3. The van der Waals surface area contributed by atoms with Gasteiger partial charge in [0.2, 0.25) is 11.4 Å². The first-order valence-electron chi connectivity index (χ1n) is 26.7. The van der Waals surface area contributed by atoms with Gasteiger partial charge in [-0.1, -0.05) is 73.1 Å². The molecule has 15 atom stereocenters. The molecule has 1 aromatic carbocycles. The van der Waals surface area contributed by atoms with Crippen LogP contribution in [0.1, 0.15) is 189 Å². The van der Waals surface area contributed by atoms with Crippen molar-refractivity contribution >= 4 is 17.7 Å². The van der Waals surface area contributed by atoms with E-state index in [2.05, 4.69) is 94.4 Å². The van der Waals surface area contributed by atoms with Gasteiger partial charge in [-0.15, -0.1) is 0 Å². The van der Waals surface area contributed by atoms with Gasteiger partial charge in [0.15, 0.2) is 11.5 Å². The van der Waals surface area contributed by atoms with Gasteiger partial charge >= 0.3 is 17.7 Å². The molecule has 8 heteroatoms. The molecule has 11 rings (SSSR count). The fourth-order valence-corrected chi connectivity index (χ4v) is 19.8. The average Bonchev–Trinajstić information content (AvgIpc) is 3.29. The Balaban J connectivity index is 0.948. The zero-order valence-electron chi connectivity index (χ0n) is 44.2. The third-order valence-electron chi connectivity index (χ3n) is 24.9. The number of rotatable bonds is 2. The standard InChI is InChI=1S/C60H82O8/c1-35-36-15-17-41-53(6,25-29-57(10)43-33-51(4,47(62)65-13)21-19-49(43,2)23-27-55(41,57)8)38(36)31-40-46(35)68-59(12)37-16-18-42-54(7,39(37)32-45(61)60(59,64)67-40)26-30-58(11)44-34-52(5,48(63)66-14)22-20-50(44,3)24-28-56(42,58)9/h16,18,31-32,41,43-44,64H,15,17,19-30,33-34H2,1-14H3/t41?,43?,44?,49-,50-,51-,52-,53+,54+,55-,56-,57+,58+,59+,60-/m1/s1. The van der Waals surface area contributed by atoms with Crippen molar-refractivity contribution in [2.24, 2.45) is 66.5 Å². The number of ether oxygens (including phenoxy) is 4. The lowest BCUT2D eigenvalue weighted by atomic mass is 9.32. The Morgan fingerprint density at radius 2 is 1.19 bits per heavy atom. The van der Waals surface area contributed by atoms with Crippen LogP contribution >= 0.6 is 0 Å². The van der Waals surface area contributed by atoms with Crippen LogP contribution in [0.2, 0.25) is 0 Å². The molecule has 0 spiro atoms. The van der Waals surface area contributed by atoms with Crippen molar-refractivity contribution in [2.75, 3.05) is 14.2 Å². The second kappa shape index (κ2) is 13.8. The highest BCUT2D eigenvalue weighted by Gasteiger charge is 2.73. The lowest BCUT2D eigenvalue weighted by Crippen LogP contribution is -2.70. The van der Waals surface area contributed by atoms with Crippen molar-refractivity contribution in [1.29, 1.82) is 0 Å². The van der Waals surface area contributed by atoms with Crippen LogP contribution in [-0.2, 0) is 35.7 Å². The minimum absolute atomic E-state index is 0.0512. The molecule has 0 saturated heterocycles. The van der Waals surface area contributed by atoms with Crippen LogP contribution in [0.5, 0.6) is 11.5 Å². The van der Waals surface area contributed by atoms with Gasteiger partial charge in [0.05, 0.1) is 25.0 Å². The Hall–Kier alpha value is -3.39. The lowest BCUT2D eigenvalue weighted by molar-refractivity contribution is -0.231. The van der Waals surface area contributed by atoms with Crippen molar-refractivity contribution in [2.45, 2.75) is 203 Å². The van der Waals surface area contributed by atoms with Crippen molar-refractivity contribution in [3.63, 3.8) is 0 Å². The van der Waals surface area contributed by atoms with E-state index in [0.29, 0.717) is 29.3 Å². The number of aliphatic hydroxyl groups is 1. The summed E-state index contributed by atoms with van der Waals surface area (Å²) in [7, 11) is 3.07. The first-order valence-corrected chi connectivity index (χ1v) is 26.7. The zero-order valence-corrected chi connectivity index (χ0v) is 44.2. The number of benzene rings is 1. The molecule has 8 nitrogen and oxygen atoms in total. The van der Waals surface area contributed by atoms with Crippen LogP contribution in [0.3, 0.4) is 0 Å². The summed E-state index contributed by atoms with van der Waals surface area (Å²) < 4.78 is 25.0. The largest absolute Gasteiger partial charge is 0.471 e. The smallest absolute Gasteiger partial charge is 0.317 e. The van der Waals surface area contributed by atoms with E-state index < -0.39 is 33.4 Å². The van der Waals surface area contributed by atoms with Gasteiger partial charge in [-0.05, 0) is 220 Å². The monoisotopic (exact) mass is 931 g/mol. The second-order valence-corrected chi connectivity index (χ2v) is 27.7. The first kappa shape index (κ1) is 47.0. The van der Waals surface area contributed by atoms with Crippen LogP contribution in [0.25, 0.3) is 0 Å². The maximum Gasteiger partial charge on any atom is 0.317 e. The Labute approximate surface area is 407 Å². The number of fused-ring (bicyclic) bond motifs is 17. The normalized spacial score (nSPS) is 50.5. The molecule has 0 radical (unpaired) electrons. The summed E-state index contributed by atoms with van der Waals surface area (Å²) in [6.45, 7) is 28.2. The van der Waals surface area contributed by atoms with E-state index in [0.717, 1.165) is 107 Å². The quantitative estimate of drug-likeness (QED) is 0.292. The molecule has 10 aliphatic rings. The Morgan fingerprint density at radius 3 is 1.81 bits per heavy atom. The summed E-state index contributed by atoms with van der Waals surface area (Å²) in [5.74, 6) is -0.606. The van der Waals surface area contributed by atoms with Crippen LogP contribution in [-0.4, -0.2) is 48.4 Å². The molecule has 1 aliphatic heterocycles. The van der Waals surface area contributed by atoms with Crippen molar-refractivity contribution in [3.8, 4) is 11.5 Å². The summed E-state index contributed by atoms with van der Waals surface area (Å²) in [6, 6.07) is 2.16. The number of allylic oxidation sites excluding steroid dienone is 3. The lowest BCUT2D eigenvalue weighted by Gasteiger charge is -2.72. The van der Waals surface area contributed by atoms with E-state index in [1.807, 2.05) is 6.92 Å². The average molecular weight is 931 g/mol. The van der Waals surface area contributed by atoms with Crippen LogP contribution in [0.4, 0.5) is 0 Å². The third-order valence-corrected chi connectivity index (χ3v) is 24.9. The minimum Gasteiger partial charge on any atom is -0.471 e. The van der Waals surface area contributed by atoms with Crippen LogP contribution < -0.4 is 9.47 Å². The molecular weight excluding hydrogens is 849 g/mol. The molecule has 0 bridgehead atoms. The highest BCUT2D eigenvalue weighted by molar-refractivity contribution is 6.02. The summed E-state index contributed by atoms with van der Waals surface area (Å²) in [4.78, 5) is 41.6. The summed E-state index contributed by atoms with van der Waals surface area (Å²) >= 11 is 0. The van der Waals surface area contributed by atoms with Gasteiger partial charge in [0, 0.05) is 11.0 Å². The molecular formula is C60H82O8. The number of hydrogen-bond acceptors (Lipinski definition) is 8. The van der Waals surface area contributed by atoms with Crippen molar-refractivity contribution in [1.82, 2.24) is 0 Å². The van der Waals surface area contributed by atoms with Crippen LogP contribution in [0.15, 0.2) is 41.0 Å². The maximum absolute atomic E-state index is 15.0. The van der Waals surface area contributed by atoms with E-state index in [-0.39, 0.29) is 49.8 Å². The van der Waals surface area contributed by atoms with Gasteiger partial charge in [0.25, 0.3) is 0 Å². The first-order chi connectivity index (χ1) is 31.6. The maximum atomic E-state index is 15.0. The molecule has 1 heterocycles. The molecule has 9 aliphatic carbocycles. The summed E-state index contributed by atoms with van der Waals surface area (Å²) in [5, 5.41) is 12.9. The SMILES string of the molecule is COC(=O)[C@]1(C)CC[C@]2(C)CC[C@]3(C)C4=CC=C5C(=CC(=O)[C@@]6(O)Oc7cc8c(c(C)c7O[C@@]56C)CCC5[C@@]8(C)CC[C@@]6(C)C7C[C@](C)(C(=O)OC)CC[C@]7(C)CC[C@]56C)[C@]4(C)CC[C@@]3(C)C2C1. The molecule has 1 aromatic rings. The van der Waals surface area contributed by atoms with Crippen molar-refractivity contribution < 1.29 is 38.4 Å². The van der Waals surface area contributed by atoms with E-state index in [1.54, 1.807) is 13.2 Å². The zero-order chi connectivity index (χ0) is 49.1. The van der Waals surface area contributed by atoms with Gasteiger partial charge in [-0.3, -0.25) is 14.4 Å². The Bertz CT molecular complexity index is 2570. The Morgan fingerprint density at radius 1 is 0.647 bits per heavy atom. The Kier molecular flexibility index (Phi) is 9.50. The number of carbonyl (C=O) groups excluding carboxylic acids is 3. The van der Waals surface area contributed by atoms with Gasteiger partial charge in [0.1, 0.15) is 0 Å². The van der Waals surface area contributed by atoms with Gasteiger partial charge < -0.3 is 24.1 Å². The molecule has 3 unspecified atom stereocenters. The summed E-state index contributed by atoms with van der Waals surface area (Å²) in [6.07, 6.45) is 22.1. The highest BCUT2D eigenvalue weighted by Crippen LogP contribution is 2.78.